The van der Waals surface area contributed by atoms with Crippen molar-refractivity contribution in [3.8, 4) is 0 Å². The lowest BCUT2D eigenvalue weighted by molar-refractivity contribution is -0.131. The number of thiophene rings is 1. The molecule has 1 N–H and O–H groups in total. The van der Waals surface area contributed by atoms with Crippen molar-refractivity contribution in [2.75, 3.05) is 13.1 Å². The molecule has 3 nitrogen and oxygen atoms in total. The maximum atomic E-state index is 12.1. The molecule has 1 aliphatic heterocycles. The molecule has 0 fully saturated rings. The van der Waals surface area contributed by atoms with Crippen molar-refractivity contribution in [3.63, 3.8) is 0 Å². The lowest BCUT2D eigenvalue weighted by atomic mass is 10.1. The summed E-state index contributed by atoms with van der Waals surface area (Å²) < 4.78 is 0. The lowest BCUT2D eigenvalue weighted by Gasteiger charge is -2.28. The van der Waals surface area contributed by atoms with Crippen LogP contribution in [0.5, 0.6) is 0 Å². The van der Waals surface area contributed by atoms with Crippen LogP contribution >= 0.6 is 11.3 Å². The summed E-state index contributed by atoms with van der Waals surface area (Å²) in [7, 11) is 0. The highest BCUT2D eigenvalue weighted by molar-refractivity contribution is 7.10. The Hall–Kier alpha value is -0.870. The number of nitrogens with one attached hydrogen (secondary N) is 1. The van der Waals surface area contributed by atoms with Gasteiger partial charge in [0.2, 0.25) is 5.91 Å². The molecule has 0 aliphatic carbocycles. The van der Waals surface area contributed by atoms with Crippen LogP contribution in [0.2, 0.25) is 0 Å². The number of rotatable bonds is 4. The van der Waals surface area contributed by atoms with Gasteiger partial charge in [-0.25, -0.2) is 0 Å². The van der Waals surface area contributed by atoms with Gasteiger partial charge in [0.1, 0.15) is 0 Å². The summed E-state index contributed by atoms with van der Waals surface area (Å²) in [5.74, 6) is 0.780. The molecule has 0 saturated heterocycles. The molecule has 4 heteroatoms. The standard InChI is InChI=1S/C14H22N2OS/c1-10(2)11(3)15-8-14(17)16-6-4-13-12(9-16)5-7-18-13/h5,7,10-11,15H,4,6,8-9H2,1-3H3. The maximum absolute atomic E-state index is 12.1. The Bertz CT molecular complexity index is 414. The first-order chi connectivity index (χ1) is 8.58. The van der Waals surface area contributed by atoms with E-state index in [1.165, 1.54) is 10.4 Å². The van der Waals surface area contributed by atoms with Crippen LogP contribution in [0.15, 0.2) is 11.4 Å². The number of amides is 1. The summed E-state index contributed by atoms with van der Waals surface area (Å²) in [5.41, 5.74) is 1.33. The summed E-state index contributed by atoms with van der Waals surface area (Å²) in [6.45, 7) is 8.57. The number of nitrogens with zero attached hydrogens (tertiary/aromatic N) is 1. The highest BCUT2D eigenvalue weighted by Crippen LogP contribution is 2.23. The number of hydrogen-bond donors (Lipinski definition) is 1. The van der Waals surface area contributed by atoms with Gasteiger partial charge in [0.25, 0.3) is 0 Å². The normalized spacial score (nSPS) is 16.8. The Morgan fingerprint density at radius 1 is 1.50 bits per heavy atom. The smallest absolute Gasteiger partial charge is 0.236 e. The van der Waals surface area contributed by atoms with Gasteiger partial charge in [-0.1, -0.05) is 13.8 Å². The summed E-state index contributed by atoms with van der Waals surface area (Å²) in [5, 5.41) is 5.43. The minimum Gasteiger partial charge on any atom is -0.337 e. The average molecular weight is 266 g/mol. The second-order valence-corrected chi connectivity index (χ2v) is 6.35. The molecule has 1 aromatic rings. The first-order valence-corrected chi connectivity index (χ1v) is 7.52. The molecule has 1 atom stereocenters. The van der Waals surface area contributed by atoms with E-state index in [1.54, 1.807) is 0 Å². The van der Waals surface area contributed by atoms with Gasteiger partial charge in [-0.15, -0.1) is 11.3 Å². The van der Waals surface area contributed by atoms with Gasteiger partial charge in [-0.3, -0.25) is 4.79 Å². The van der Waals surface area contributed by atoms with Gasteiger partial charge >= 0.3 is 0 Å². The monoisotopic (exact) mass is 266 g/mol. The van der Waals surface area contributed by atoms with Crippen molar-refractivity contribution in [1.82, 2.24) is 10.2 Å². The van der Waals surface area contributed by atoms with E-state index >= 15 is 0 Å². The van der Waals surface area contributed by atoms with E-state index in [1.807, 2.05) is 16.2 Å². The predicted molar refractivity (Wildman–Crippen MR) is 75.7 cm³/mol. The van der Waals surface area contributed by atoms with Crippen molar-refractivity contribution < 1.29 is 4.79 Å². The van der Waals surface area contributed by atoms with Gasteiger partial charge < -0.3 is 10.2 Å². The maximum Gasteiger partial charge on any atom is 0.236 e. The molecule has 100 valence electrons. The Labute approximate surface area is 113 Å². The van der Waals surface area contributed by atoms with E-state index in [-0.39, 0.29) is 5.91 Å². The number of fused-ring (bicyclic) bond motifs is 1. The molecule has 0 radical (unpaired) electrons. The molecule has 18 heavy (non-hydrogen) atoms. The van der Waals surface area contributed by atoms with Crippen LogP contribution in [0, 0.1) is 5.92 Å². The molecule has 1 amide bonds. The Balaban J connectivity index is 1.84. The Morgan fingerprint density at radius 2 is 2.28 bits per heavy atom. The van der Waals surface area contributed by atoms with Gasteiger partial charge in [0.15, 0.2) is 0 Å². The van der Waals surface area contributed by atoms with Crippen LogP contribution in [0.1, 0.15) is 31.2 Å². The van der Waals surface area contributed by atoms with Gasteiger partial charge in [0, 0.05) is 24.0 Å². The summed E-state index contributed by atoms with van der Waals surface area (Å²) >= 11 is 1.81. The molecule has 0 spiro atoms. The summed E-state index contributed by atoms with van der Waals surface area (Å²) in [6, 6.07) is 2.53. The second-order valence-electron chi connectivity index (χ2n) is 5.35. The molecule has 1 aromatic heterocycles. The zero-order valence-corrected chi connectivity index (χ0v) is 12.2. The van der Waals surface area contributed by atoms with Crippen molar-refractivity contribution in [3.05, 3.63) is 21.9 Å². The third-order valence-electron chi connectivity index (χ3n) is 3.74. The van der Waals surface area contributed by atoms with Crippen molar-refractivity contribution in [2.45, 2.75) is 39.8 Å². The van der Waals surface area contributed by atoms with Crippen LogP contribution in [-0.2, 0) is 17.8 Å². The van der Waals surface area contributed by atoms with Crippen LogP contribution < -0.4 is 5.32 Å². The van der Waals surface area contributed by atoms with Crippen molar-refractivity contribution in [1.29, 1.82) is 0 Å². The Kier molecular flexibility index (Phi) is 4.40. The first-order valence-electron chi connectivity index (χ1n) is 6.64. The van der Waals surface area contributed by atoms with E-state index in [9.17, 15) is 4.79 Å². The zero-order chi connectivity index (χ0) is 13.1. The van der Waals surface area contributed by atoms with Gasteiger partial charge in [-0.2, -0.15) is 0 Å². The van der Waals surface area contributed by atoms with Crippen molar-refractivity contribution in [2.24, 2.45) is 5.92 Å². The predicted octanol–water partition coefficient (Wildman–Crippen LogP) is 2.27. The first kappa shape index (κ1) is 13.6. The molecule has 0 saturated carbocycles. The molecular formula is C14H22N2OS. The van der Waals surface area contributed by atoms with E-state index < -0.39 is 0 Å². The SMILES string of the molecule is CC(C)C(C)NCC(=O)N1CCc2sccc2C1. The molecule has 1 aliphatic rings. The van der Waals surface area contributed by atoms with Gasteiger partial charge in [-0.05, 0) is 36.3 Å². The van der Waals surface area contributed by atoms with Crippen LogP contribution in [0.25, 0.3) is 0 Å². The quantitative estimate of drug-likeness (QED) is 0.906. The van der Waals surface area contributed by atoms with Crippen LogP contribution in [0.4, 0.5) is 0 Å². The largest absolute Gasteiger partial charge is 0.337 e. The fraction of sp³-hybridized carbons (Fsp3) is 0.643. The topological polar surface area (TPSA) is 32.3 Å². The molecule has 0 bridgehead atoms. The second kappa shape index (κ2) is 5.85. The number of carbonyl (C=O) groups is 1. The molecule has 2 heterocycles. The van der Waals surface area contributed by atoms with Gasteiger partial charge in [0.05, 0.1) is 6.54 Å². The van der Waals surface area contributed by atoms with E-state index in [0.717, 1.165) is 19.5 Å². The molecule has 1 unspecified atom stereocenters. The number of carbonyl (C=O) groups excluding carboxylic acids is 1. The zero-order valence-electron chi connectivity index (χ0n) is 11.4. The fourth-order valence-electron chi connectivity index (χ4n) is 2.06. The van der Waals surface area contributed by atoms with E-state index in [0.29, 0.717) is 18.5 Å². The fourth-order valence-corrected chi connectivity index (χ4v) is 2.95. The van der Waals surface area contributed by atoms with Crippen LogP contribution in [0.3, 0.4) is 0 Å². The average Bonchev–Trinajstić information content (AvgIpc) is 2.82. The minimum absolute atomic E-state index is 0.222. The highest BCUT2D eigenvalue weighted by atomic mass is 32.1. The molecule has 2 rings (SSSR count). The summed E-state index contributed by atoms with van der Waals surface area (Å²) in [4.78, 5) is 15.5. The highest BCUT2D eigenvalue weighted by Gasteiger charge is 2.21. The third-order valence-corrected chi connectivity index (χ3v) is 4.76. The number of hydrogen-bond acceptors (Lipinski definition) is 3. The molecule has 0 aromatic carbocycles. The van der Waals surface area contributed by atoms with Crippen molar-refractivity contribution >= 4 is 17.2 Å². The molecular weight excluding hydrogens is 244 g/mol. The Morgan fingerprint density at radius 3 is 3.00 bits per heavy atom. The van der Waals surface area contributed by atoms with E-state index in [2.05, 4.69) is 37.5 Å². The third kappa shape index (κ3) is 3.12. The summed E-state index contributed by atoms with van der Waals surface area (Å²) in [6.07, 6.45) is 1.01. The lowest BCUT2D eigenvalue weighted by Crippen LogP contribution is -2.43. The minimum atomic E-state index is 0.222. The van der Waals surface area contributed by atoms with Crippen LogP contribution in [-0.4, -0.2) is 29.9 Å². The van der Waals surface area contributed by atoms with E-state index in [4.69, 9.17) is 0 Å².